The van der Waals surface area contributed by atoms with E-state index in [-0.39, 0.29) is 18.4 Å². The lowest BCUT2D eigenvalue weighted by atomic mass is 9.54. The molecule has 5 nitrogen and oxygen atoms in total. The number of carbonyl (C=O) groups excluding carboxylic acids is 1. The van der Waals surface area contributed by atoms with Crippen LogP contribution >= 0.6 is 11.8 Å². The molecule has 0 radical (unpaired) electrons. The second-order valence-electron chi connectivity index (χ2n) is 7.47. The third-order valence-electron chi connectivity index (χ3n) is 5.56. The van der Waals surface area contributed by atoms with Crippen molar-refractivity contribution in [3.63, 3.8) is 0 Å². The number of carboxylic acid groups (broad SMARTS) is 1. The van der Waals surface area contributed by atoms with Crippen molar-refractivity contribution < 1.29 is 19.4 Å². The van der Waals surface area contributed by atoms with Gasteiger partial charge in [0.25, 0.3) is 0 Å². The first-order valence-electron chi connectivity index (χ1n) is 9.00. The van der Waals surface area contributed by atoms with Gasteiger partial charge in [0.1, 0.15) is 5.54 Å². The first kappa shape index (κ1) is 20.8. The predicted octanol–water partition coefficient (Wildman–Crippen LogP) is 3.56. The molecule has 1 fully saturated rings. The van der Waals surface area contributed by atoms with E-state index >= 15 is 0 Å². The molecule has 0 aromatic heterocycles. The van der Waals surface area contributed by atoms with Crippen LogP contribution in [0, 0.1) is 19.3 Å². The normalized spacial score (nSPS) is 24.0. The van der Waals surface area contributed by atoms with Gasteiger partial charge in [-0.2, -0.15) is 0 Å². The molecule has 1 aromatic rings. The molecule has 6 heteroatoms. The Morgan fingerprint density at radius 2 is 2.00 bits per heavy atom. The summed E-state index contributed by atoms with van der Waals surface area (Å²) >= 11 is 1.61. The zero-order valence-corrected chi connectivity index (χ0v) is 17.0. The summed E-state index contributed by atoms with van der Waals surface area (Å²) in [6.45, 7) is 10.2. The van der Waals surface area contributed by atoms with Crippen molar-refractivity contribution in [1.29, 1.82) is 0 Å². The summed E-state index contributed by atoms with van der Waals surface area (Å²) in [5, 5.41) is 12.5. The number of hydrogen-bond donors (Lipinski definition) is 2. The molecule has 1 aliphatic rings. The van der Waals surface area contributed by atoms with Crippen molar-refractivity contribution in [1.82, 2.24) is 5.32 Å². The van der Waals surface area contributed by atoms with Crippen molar-refractivity contribution in [2.24, 2.45) is 5.41 Å². The molecular weight excluding hydrogens is 350 g/mol. The first-order valence-corrected chi connectivity index (χ1v) is 9.98. The summed E-state index contributed by atoms with van der Waals surface area (Å²) in [4.78, 5) is 25.4. The second-order valence-corrected chi connectivity index (χ2v) is 8.64. The maximum Gasteiger partial charge on any atom is 0.330 e. The van der Waals surface area contributed by atoms with E-state index < -0.39 is 16.9 Å². The summed E-state index contributed by atoms with van der Waals surface area (Å²) in [5.74, 6) is -0.611. The lowest BCUT2D eigenvalue weighted by molar-refractivity contribution is -0.194. The van der Waals surface area contributed by atoms with Crippen LogP contribution in [0.15, 0.2) is 23.1 Å². The minimum atomic E-state index is -1.25. The van der Waals surface area contributed by atoms with Gasteiger partial charge in [0.15, 0.2) is 0 Å². The first-order chi connectivity index (χ1) is 12.1. The zero-order valence-electron chi connectivity index (χ0n) is 16.2. The second kappa shape index (κ2) is 8.01. The van der Waals surface area contributed by atoms with Crippen LogP contribution < -0.4 is 5.32 Å². The van der Waals surface area contributed by atoms with Crippen molar-refractivity contribution in [3.8, 4) is 0 Å². The highest BCUT2D eigenvalue weighted by atomic mass is 32.2. The van der Waals surface area contributed by atoms with Gasteiger partial charge in [-0.25, -0.2) is 4.79 Å². The number of amides is 1. The van der Waals surface area contributed by atoms with Gasteiger partial charge in [0.05, 0.1) is 6.10 Å². The molecule has 1 aliphatic carbocycles. The Balaban J connectivity index is 1.93. The molecule has 0 spiro atoms. The number of ether oxygens (including phenoxy) is 1. The van der Waals surface area contributed by atoms with E-state index in [0.717, 1.165) is 4.90 Å². The molecule has 0 heterocycles. The monoisotopic (exact) mass is 379 g/mol. The van der Waals surface area contributed by atoms with Crippen LogP contribution in [0.2, 0.25) is 0 Å². The summed E-state index contributed by atoms with van der Waals surface area (Å²) in [7, 11) is 0. The summed E-state index contributed by atoms with van der Waals surface area (Å²) < 4.78 is 5.62. The van der Waals surface area contributed by atoms with Gasteiger partial charge in [0.2, 0.25) is 5.91 Å². The maximum atomic E-state index is 12.4. The topological polar surface area (TPSA) is 75.6 Å². The molecule has 1 saturated carbocycles. The highest BCUT2D eigenvalue weighted by Gasteiger charge is 2.66. The van der Waals surface area contributed by atoms with Crippen molar-refractivity contribution in [2.45, 2.75) is 64.0 Å². The molecular formula is C20H29NO4S. The molecule has 26 heavy (non-hydrogen) atoms. The van der Waals surface area contributed by atoms with Crippen LogP contribution in [-0.2, 0) is 14.3 Å². The number of rotatable bonds is 8. The zero-order chi connectivity index (χ0) is 19.5. The molecule has 0 bridgehead atoms. The van der Waals surface area contributed by atoms with Crippen LogP contribution in [0.1, 0.15) is 44.7 Å². The number of nitrogens with one attached hydrogen (secondary N) is 1. The Bertz CT molecular complexity index is 688. The standard InChI is InChI=1S/C20H29NO4S/c1-6-25-16-12-20(18(23)24,19(16,4)5)21-17(22)9-10-26-15-8-7-13(2)14(3)11-15/h7-8,11,16H,6,9-10,12H2,1-5H3,(H,21,22)(H,23,24). The highest BCUT2D eigenvalue weighted by molar-refractivity contribution is 7.99. The van der Waals surface area contributed by atoms with Crippen molar-refractivity contribution in [3.05, 3.63) is 29.3 Å². The van der Waals surface area contributed by atoms with E-state index in [9.17, 15) is 14.7 Å². The van der Waals surface area contributed by atoms with Crippen LogP contribution in [0.3, 0.4) is 0 Å². The van der Waals surface area contributed by atoms with Gasteiger partial charge >= 0.3 is 5.97 Å². The largest absolute Gasteiger partial charge is 0.479 e. The lowest BCUT2D eigenvalue weighted by Gasteiger charge is -2.58. The summed E-state index contributed by atoms with van der Waals surface area (Å²) in [6, 6.07) is 6.23. The van der Waals surface area contributed by atoms with Crippen LogP contribution in [0.5, 0.6) is 0 Å². The van der Waals surface area contributed by atoms with Crippen molar-refractivity contribution >= 4 is 23.6 Å². The Hall–Kier alpha value is -1.53. The van der Waals surface area contributed by atoms with Crippen LogP contribution in [-0.4, -0.2) is 41.0 Å². The SMILES string of the molecule is CCOC1CC(NC(=O)CCSc2ccc(C)c(C)c2)(C(=O)O)C1(C)C. The molecule has 144 valence electrons. The number of benzene rings is 1. The van der Waals surface area contributed by atoms with E-state index in [1.54, 1.807) is 11.8 Å². The third kappa shape index (κ3) is 3.91. The molecule has 0 aliphatic heterocycles. The smallest absolute Gasteiger partial charge is 0.330 e. The minimum Gasteiger partial charge on any atom is -0.479 e. The van der Waals surface area contributed by atoms with Gasteiger partial charge in [-0.3, -0.25) is 4.79 Å². The van der Waals surface area contributed by atoms with E-state index in [1.807, 2.05) is 26.8 Å². The minimum absolute atomic E-state index is 0.159. The van der Waals surface area contributed by atoms with Crippen LogP contribution in [0.25, 0.3) is 0 Å². The average molecular weight is 380 g/mol. The van der Waals surface area contributed by atoms with Gasteiger partial charge < -0.3 is 15.2 Å². The molecule has 2 unspecified atom stereocenters. The fraction of sp³-hybridized carbons (Fsp3) is 0.600. The Kier molecular flexibility index (Phi) is 6.40. The maximum absolute atomic E-state index is 12.4. The van der Waals surface area contributed by atoms with Gasteiger partial charge in [-0.1, -0.05) is 19.9 Å². The summed E-state index contributed by atoms with van der Waals surface area (Å²) in [5.41, 5.74) is 0.565. The summed E-state index contributed by atoms with van der Waals surface area (Å²) in [6.07, 6.45) is 0.426. The quantitative estimate of drug-likeness (QED) is 0.676. The third-order valence-corrected chi connectivity index (χ3v) is 6.55. The number of carboxylic acids is 1. The highest BCUT2D eigenvalue weighted by Crippen LogP contribution is 2.51. The van der Waals surface area contributed by atoms with E-state index in [4.69, 9.17) is 4.74 Å². The number of aliphatic carboxylic acids is 1. The van der Waals surface area contributed by atoms with Crippen molar-refractivity contribution in [2.75, 3.05) is 12.4 Å². The van der Waals surface area contributed by atoms with E-state index in [0.29, 0.717) is 18.8 Å². The molecule has 2 atom stereocenters. The number of carbonyl (C=O) groups is 2. The van der Waals surface area contributed by atoms with Gasteiger partial charge in [0, 0.05) is 35.5 Å². The van der Waals surface area contributed by atoms with Gasteiger partial charge in [-0.05, 0) is 44.0 Å². The molecule has 2 rings (SSSR count). The lowest BCUT2D eigenvalue weighted by Crippen LogP contribution is -2.76. The average Bonchev–Trinajstić information content (AvgIpc) is 2.56. The number of hydrogen-bond acceptors (Lipinski definition) is 4. The van der Waals surface area contributed by atoms with E-state index in [1.165, 1.54) is 11.1 Å². The van der Waals surface area contributed by atoms with Gasteiger partial charge in [-0.15, -0.1) is 11.8 Å². The predicted molar refractivity (Wildman–Crippen MR) is 104 cm³/mol. The molecule has 1 amide bonds. The Labute approximate surface area is 159 Å². The number of thioether (sulfide) groups is 1. The number of aryl methyl sites for hydroxylation is 2. The fourth-order valence-electron chi connectivity index (χ4n) is 3.40. The van der Waals surface area contributed by atoms with E-state index in [2.05, 4.69) is 31.3 Å². The molecule has 0 saturated heterocycles. The Morgan fingerprint density at radius 3 is 2.54 bits per heavy atom. The fourth-order valence-corrected chi connectivity index (χ4v) is 4.35. The Morgan fingerprint density at radius 1 is 1.31 bits per heavy atom. The molecule has 1 aromatic carbocycles. The molecule has 2 N–H and O–H groups in total. The van der Waals surface area contributed by atoms with Crippen LogP contribution in [0.4, 0.5) is 0 Å².